The van der Waals surface area contributed by atoms with E-state index in [1.54, 1.807) is 0 Å². The van der Waals surface area contributed by atoms with Crippen molar-refractivity contribution in [3.05, 3.63) is 35.4 Å². The van der Waals surface area contributed by atoms with E-state index in [1.807, 2.05) is 0 Å². The molecule has 0 radical (unpaired) electrons. The van der Waals surface area contributed by atoms with Crippen LogP contribution in [-0.4, -0.2) is 55.8 Å². The Morgan fingerprint density at radius 3 is 2.82 bits per heavy atom. The van der Waals surface area contributed by atoms with Gasteiger partial charge in [0.25, 0.3) is 0 Å². The van der Waals surface area contributed by atoms with Crippen molar-refractivity contribution in [2.45, 2.75) is 30.8 Å². The number of hydrogen-bond acceptors (Lipinski definition) is 4. The first-order valence-corrected chi connectivity index (χ1v) is 9.51. The molecular weight excluding hydrogens is 292 g/mol. The molecule has 1 aromatic rings. The Labute approximate surface area is 138 Å². The van der Waals surface area contributed by atoms with Crippen LogP contribution in [0.15, 0.2) is 24.3 Å². The minimum Gasteiger partial charge on any atom is -0.381 e. The van der Waals surface area contributed by atoms with Crippen LogP contribution in [0.1, 0.15) is 30.0 Å². The van der Waals surface area contributed by atoms with Gasteiger partial charge in [-0.05, 0) is 50.2 Å². The highest BCUT2D eigenvalue weighted by molar-refractivity contribution is 7.99. The monoisotopic (exact) mass is 320 g/mol. The highest BCUT2D eigenvalue weighted by Crippen LogP contribution is 2.30. The van der Waals surface area contributed by atoms with E-state index in [2.05, 4.69) is 60.3 Å². The number of likely N-dealkylation sites (N-methyl/N-ethyl adjacent to an activating group) is 1. The first-order chi connectivity index (χ1) is 10.7. The van der Waals surface area contributed by atoms with Crippen LogP contribution in [0, 0.1) is 0 Å². The summed E-state index contributed by atoms with van der Waals surface area (Å²) in [5, 5.41) is 3.89. The normalized spacial score (nSPS) is 24.8. The number of rotatable bonds is 4. The Balaban J connectivity index is 1.72. The van der Waals surface area contributed by atoms with Crippen molar-refractivity contribution in [2.75, 3.05) is 45.4 Å². The van der Waals surface area contributed by atoms with E-state index in [1.165, 1.54) is 29.1 Å². The number of aryl methyl sites for hydroxylation is 1. The van der Waals surface area contributed by atoms with E-state index in [4.69, 9.17) is 4.74 Å². The quantitative estimate of drug-likeness (QED) is 0.922. The lowest BCUT2D eigenvalue weighted by Gasteiger charge is -2.43. The van der Waals surface area contributed by atoms with Gasteiger partial charge in [0, 0.05) is 37.1 Å². The summed E-state index contributed by atoms with van der Waals surface area (Å²) in [6, 6.07) is 9.44. The predicted molar refractivity (Wildman–Crippen MR) is 94.7 cm³/mol. The van der Waals surface area contributed by atoms with Gasteiger partial charge in [-0.2, -0.15) is 11.8 Å². The SMILES string of the molecule is CN(C)C1(CN[C@H]2CSCCc3ccccc32)CCOCC1. The van der Waals surface area contributed by atoms with Crippen LogP contribution in [0.4, 0.5) is 0 Å². The van der Waals surface area contributed by atoms with Crippen LogP contribution in [0.3, 0.4) is 0 Å². The number of nitrogens with one attached hydrogen (secondary N) is 1. The summed E-state index contributed by atoms with van der Waals surface area (Å²) in [4.78, 5) is 2.40. The molecule has 2 aliphatic rings. The van der Waals surface area contributed by atoms with Gasteiger partial charge in [0.1, 0.15) is 0 Å². The second-order valence-electron chi connectivity index (χ2n) is 6.69. The summed E-state index contributed by atoms with van der Waals surface area (Å²) in [5.41, 5.74) is 3.27. The van der Waals surface area contributed by atoms with Crippen LogP contribution in [0.2, 0.25) is 0 Å². The van der Waals surface area contributed by atoms with Crippen LogP contribution in [-0.2, 0) is 11.2 Å². The van der Waals surface area contributed by atoms with Gasteiger partial charge in [-0.1, -0.05) is 24.3 Å². The van der Waals surface area contributed by atoms with Gasteiger partial charge < -0.3 is 15.0 Å². The number of nitrogens with zero attached hydrogens (tertiary/aromatic N) is 1. The van der Waals surface area contributed by atoms with Crippen LogP contribution < -0.4 is 5.32 Å². The molecule has 22 heavy (non-hydrogen) atoms. The number of fused-ring (bicyclic) bond motifs is 1. The average Bonchev–Trinajstić information content (AvgIpc) is 2.76. The molecule has 0 aromatic heterocycles. The van der Waals surface area contributed by atoms with Gasteiger partial charge >= 0.3 is 0 Å². The van der Waals surface area contributed by atoms with E-state index < -0.39 is 0 Å². The van der Waals surface area contributed by atoms with E-state index in [9.17, 15) is 0 Å². The third-order valence-electron chi connectivity index (χ3n) is 5.28. The van der Waals surface area contributed by atoms with Crippen molar-refractivity contribution in [3.8, 4) is 0 Å². The van der Waals surface area contributed by atoms with Crippen molar-refractivity contribution in [3.63, 3.8) is 0 Å². The lowest BCUT2D eigenvalue weighted by molar-refractivity contribution is -0.00801. The van der Waals surface area contributed by atoms with Crippen LogP contribution in [0.25, 0.3) is 0 Å². The third kappa shape index (κ3) is 3.51. The van der Waals surface area contributed by atoms with E-state index >= 15 is 0 Å². The first-order valence-electron chi connectivity index (χ1n) is 8.35. The van der Waals surface area contributed by atoms with Crippen molar-refractivity contribution in [1.29, 1.82) is 0 Å². The Hall–Kier alpha value is -0.550. The maximum absolute atomic E-state index is 5.58. The highest BCUT2D eigenvalue weighted by Gasteiger charge is 2.35. The minimum absolute atomic E-state index is 0.240. The van der Waals surface area contributed by atoms with Gasteiger partial charge in [0.15, 0.2) is 0 Å². The molecule has 2 aliphatic heterocycles. The fourth-order valence-corrected chi connectivity index (χ4v) is 4.65. The summed E-state index contributed by atoms with van der Waals surface area (Å²) < 4.78 is 5.58. The van der Waals surface area contributed by atoms with Crippen LogP contribution in [0.5, 0.6) is 0 Å². The maximum Gasteiger partial charge on any atom is 0.0484 e. The van der Waals surface area contributed by atoms with E-state index in [-0.39, 0.29) is 5.54 Å². The summed E-state index contributed by atoms with van der Waals surface area (Å²) >= 11 is 2.07. The number of hydrogen-bond donors (Lipinski definition) is 1. The lowest BCUT2D eigenvalue weighted by atomic mass is 9.88. The Bertz CT molecular complexity index is 486. The van der Waals surface area contributed by atoms with Crippen LogP contribution >= 0.6 is 11.8 Å². The lowest BCUT2D eigenvalue weighted by Crippen LogP contribution is -2.55. The molecule has 0 spiro atoms. The molecule has 1 N–H and O–H groups in total. The molecule has 3 nitrogen and oxygen atoms in total. The third-order valence-corrected chi connectivity index (χ3v) is 6.34. The number of ether oxygens (including phenoxy) is 1. The molecule has 3 rings (SSSR count). The van der Waals surface area contributed by atoms with Crippen molar-refractivity contribution in [2.24, 2.45) is 0 Å². The number of thioether (sulfide) groups is 1. The Morgan fingerprint density at radius 2 is 2.05 bits per heavy atom. The summed E-state index contributed by atoms with van der Waals surface area (Å²) in [6.45, 7) is 2.81. The van der Waals surface area contributed by atoms with Gasteiger partial charge in [0.2, 0.25) is 0 Å². The van der Waals surface area contributed by atoms with Crippen molar-refractivity contribution in [1.82, 2.24) is 10.2 Å². The van der Waals surface area contributed by atoms with Crippen molar-refractivity contribution < 1.29 is 4.74 Å². The highest BCUT2D eigenvalue weighted by atomic mass is 32.2. The first kappa shape index (κ1) is 16.3. The smallest absolute Gasteiger partial charge is 0.0484 e. The molecule has 1 atom stereocenters. The zero-order valence-electron chi connectivity index (χ0n) is 13.8. The zero-order valence-corrected chi connectivity index (χ0v) is 14.6. The number of benzene rings is 1. The molecule has 1 fully saturated rings. The molecule has 0 aliphatic carbocycles. The molecule has 1 saturated heterocycles. The zero-order chi connectivity index (χ0) is 15.4. The minimum atomic E-state index is 0.240. The van der Waals surface area contributed by atoms with Crippen molar-refractivity contribution >= 4 is 11.8 Å². The summed E-state index contributed by atoms with van der Waals surface area (Å²) in [5.74, 6) is 2.42. The molecular formula is C18H28N2OS. The topological polar surface area (TPSA) is 24.5 Å². The Kier molecular flexibility index (Phi) is 5.45. The molecule has 0 amide bonds. The maximum atomic E-state index is 5.58. The molecule has 122 valence electrons. The molecule has 0 bridgehead atoms. The second kappa shape index (κ2) is 7.35. The Morgan fingerprint density at radius 1 is 1.27 bits per heavy atom. The summed E-state index contributed by atoms with van der Waals surface area (Å²) in [7, 11) is 4.42. The van der Waals surface area contributed by atoms with Gasteiger partial charge in [0.05, 0.1) is 0 Å². The molecule has 0 unspecified atom stereocenters. The van der Waals surface area contributed by atoms with E-state index in [0.717, 1.165) is 32.6 Å². The molecule has 1 aromatic carbocycles. The largest absolute Gasteiger partial charge is 0.381 e. The fourth-order valence-electron chi connectivity index (χ4n) is 3.59. The molecule has 4 heteroatoms. The summed E-state index contributed by atoms with van der Waals surface area (Å²) in [6.07, 6.45) is 3.44. The predicted octanol–water partition coefficient (Wildman–Crippen LogP) is 2.72. The average molecular weight is 321 g/mol. The van der Waals surface area contributed by atoms with E-state index in [0.29, 0.717) is 6.04 Å². The fraction of sp³-hybridized carbons (Fsp3) is 0.667. The standard InChI is InChI=1S/C18H28N2OS/c1-20(2)18(8-10-21-11-9-18)14-19-17-13-22-12-7-15-5-3-4-6-16(15)17/h3-6,17,19H,7-14H2,1-2H3/t17-/m0/s1. The molecule has 2 heterocycles. The van der Waals surface area contributed by atoms with Gasteiger partial charge in [-0.25, -0.2) is 0 Å². The van der Waals surface area contributed by atoms with Gasteiger partial charge in [-0.15, -0.1) is 0 Å². The van der Waals surface area contributed by atoms with Gasteiger partial charge in [-0.3, -0.25) is 0 Å². The molecule has 0 saturated carbocycles. The second-order valence-corrected chi connectivity index (χ2v) is 7.84.